The summed E-state index contributed by atoms with van der Waals surface area (Å²) >= 11 is 5.73. The van der Waals surface area contributed by atoms with Crippen LogP contribution in [-0.4, -0.2) is 5.88 Å². The van der Waals surface area contributed by atoms with E-state index < -0.39 is 11.7 Å². The molecule has 0 saturated heterocycles. The average Bonchev–Trinajstić information content (AvgIpc) is 2.24. The molecule has 0 radical (unpaired) electrons. The van der Waals surface area contributed by atoms with Crippen LogP contribution in [0.15, 0.2) is 29.8 Å². The normalized spacial score (nSPS) is 13.2. The highest BCUT2D eigenvalue weighted by Gasteiger charge is 2.32. The van der Waals surface area contributed by atoms with Gasteiger partial charge in [-0.25, -0.2) is 0 Å². The molecule has 0 saturated carbocycles. The summed E-state index contributed by atoms with van der Waals surface area (Å²) in [4.78, 5) is 0. The average molecular weight is 263 g/mol. The van der Waals surface area contributed by atoms with Gasteiger partial charge in [0.1, 0.15) is 0 Å². The number of allylic oxidation sites excluding steroid dienone is 1. The van der Waals surface area contributed by atoms with Crippen molar-refractivity contribution in [3.05, 3.63) is 41.0 Å². The fraction of sp³-hybridized carbons (Fsp3) is 0.385. The first-order valence-corrected chi connectivity index (χ1v) is 5.82. The molecule has 0 spiro atoms. The standard InChI is InChI=1S/C13H14ClF3/c1-9(2)11(8-14)7-10-5-3-4-6-12(10)13(15,16)17/h3-7,9H,8H2,1-2H3. The highest BCUT2D eigenvalue weighted by molar-refractivity contribution is 6.19. The molecule has 0 unspecified atom stereocenters. The predicted octanol–water partition coefficient (Wildman–Crippen LogP) is 4.98. The lowest BCUT2D eigenvalue weighted by molar-refractivity contribution is -0.137. The van der Waals surface area contributed by atoms with Gasteiger partial charge in [-0.05, 0) is 17.5 Å². The molecule has 1 rings (SSSR count). The van der Waals surface area contributed by atoms with Crippen molar-refractivity contribution in [2.45, 2.75) is 20.0 Å². The van der Waals surface area contributed by atoms with Gasteiger partial charge in [0.05, 0.1) is 5.56 Å². The van der Waals surface area contributed by atoms with Crippen LogP contribution in [0.4, 0.5) is 13.2 Å². The number of hydrogen-bond acceptors (Lipinski definition) is 0. The maximum atomic E-state index is 12.7. The lowest BCUT2D eigenvalue weighted by Gasteiger charge is -2.12. The van der Waals surface area contributed by atoms with Crippen molar-refractivity contribution in [2.24, 2.45) is 5.92 Å². The molecule has 0 atom stereocenters. The monoisotopic (exact) mass is 262 g/mol. The smallest absolute Gasteiger partial charge is 0.166 e. The van der Waals surface area contributed by atoms with E-state index in [1.54, 1.807) is 6.07 Å². The van der Waals surface area contributed by atoms with Crippen molar-refractivity contribution in [3.63, 3.8) is 0 Å². The second-order valence-electron chi connectivity index (χ2n) is 4.09. The SMILES string of the molecule is CC(C)C(=Cc1ccccc1C(F)(F)F)CCl. The van der Waals surface area contributed by atoms with E-state index in [0.29, 0.717) is 0 Å². The quantitative estimate of drug-likeness (QED) is 0.674. The third kappa shape index (κ3) is 3.77. The van der Waals surface area contributed by atoms with Crippen LogP contribution in [-0.2, 0) is 6.18 Å². The Hall–Kier alpha value is -0.960. The van der Waals surface area contributed by atoms with Crippen LogP contribution in [0, 0.1) is 5.92 Å². The maximum Gasteiger partial charge on any atom is 0.416 e. The highest BCUT2D eigenvalue weighted by atomic mass is 35.5. The molecule has 0 fully saturated rings. The third-order valence-electron chi connectivity index (χ3n) is 2.50. The molecule has 0 aliphatic rings. The predicted molar refractivity (Wildman–Crippen MR) is 65.0 cm³/mol. The molecule has 1 aromatic carbocycles. The first-order valence-electron chi connectivity index (χ1n) is 5.29. The Morgan fingerprint density at radius 3 is 2.35 bits per heavy atom. The van der Waals surface area contributed by atoms with E-state index >= 15 is 0 Å². The first-order chi connectivity index (χ1) is 7.86. The van der Waals surface area contributed by atoms with Crippen LogP contribution in [0.1, 0.15) is 25.0 Å². The summed E-state index contributed by atoms with van der Waals surface area (Å²) in [5, 5.41) is 0. The Kier molecular flexibility index (Phi) is 4.63. The zero-order chi connectivity index (χ0) is 13.1. The zero-order valence-corrected chi connectivity index (χ0v) is 10.4. The van der Waals surface area contributed by atoms with Gasteiger partial charge in [-0.15, -0.1) is 11.6 Å². The zero-order valence-electron chi connectivity index (χ0n) is 9.68. The fourth-order valence-electron chi connectivity index (χ4n) is 1.44. The largest absolute Gasteiger partial charge is 0.416 e. The molecule has 0 aliphatic carbocycles. The molecule has 0 heterocycles. The lowest BCUT2D eigenvalue weighted by Crippen LogP contribution is -2.07. The van der Waals surface area contributed by atoms with Gasteiger partial charge in [0, 0.05) is 5.88 Å². The van der Waals surface area contributed by atoms with Crippen LogP contribution < -0.4 is 0 Å². The van der Waals surface area contributed by atoms with Crippen LogP contribution in [0.3, 0.4) is 0 Å². The Morgan fingerprint density at radius 2 is 1.88 bits per heavy atom. The van der Waals surface area contributed by atoms with Gasteiger partial charge in [-0.2, -0.15) is 13.2 Å². The van der Waals surface area contributed by atoms with Crippen molar-refractivity contribution in [2.75, 3.05) is 5.88 Å². The second-order valence-corrected chi connectivity index (χ2v) is 4.36. The number of halogens is 4. The molecule has 17 heavy (non-hydrogen) atoms. The van der Waals surface area contributed by atoms with Gasteiger partial charge in [0.25, 0.3) is 0 Å². The molecule has 4 heteroatoms. The first kappa shape index (κ1) is 14.1. The number of hydrogen-bond donors (Lipinski definition) is 0. The second kappa shape index (κ2) is 5.58. The van der Waals surface area contributed by atoms with E-state index in [0.717, 1.165) is 11.6 Å². The molecule has 0 amide bonds. The summed E-state index contributed by atoms with van der Waals surface area (Å²) in [6, 6.07) is 5.51. The van der Waals surface area contributed by atoms with Gasteiger partial charge in [0.15, 0.2) is 0 Å². The summed E-state index contributed by atoms with van der Waals surface area (Å²) in [6.07, 6.45) is -2.80. The Bertz CT molecular complexity index is 405. The molecule has 1 aromatic rings. The summed E-state index contributed by atoms with van der Waals surface area (Å²) in [5.41, 5.74) is 0.344. The van der Waals surface area contributed by atoms with E-state index in [1.165, 1.54) is 18.2 Å². The van der Waals surface area contributed by atoms with Crippen molar-refractivity contribution in [1.82, 2.24) is 0 Å². The van der Waals surface area contributed by atoms with E-state index in [9.17, 15) is 13.2 Å². The van der Waals surface area contributed by atoms with Crippen molar-refractivity contribution < 1.29 is 13.2 Å². The van der Waals surface area contributed by atoms with Crippen LogP contribution in [0.5, 0.6) is 0 Å². The third-order valence-corrected chi connectivity index (χ3v) is 2.81. The Labute approximate surface area is 104 Å². The molecular weight excluding hydrogens is 249 g/mol. The summed E-state index contributed by atoms with van der Waals surface area (Å²) in [7, 11) is 0. The van der Waals surface area contributed by atoms with Crippen LogP contribution >= 0.6 is 11.6 Å². The minimum atomic E-state index is -4.33. The van der Waals surface area contributed by atoms with Crippen molar-refractivity contribution >= 4 is 17.7 Å². The van der Waals surface area contributed by atoms with E-state index in [-0.39, 0.29) is 17.4 Å². The van der Waals surface area contributed by atoms with E-state index in [2.05, 4.69) is 0 Å². The number of rotatable bonds is 3. The number of alkyl halides is 4. The van der Waals surface area contributed by atoms with Gasteiger partial charge in [-0.3, -0.25) is 0 Å². The minimum Gasteiger partial charge on any atom is -0.166 e. The molecule has 0 N–H and O–H groups in total. The van der Waals surface area contributed by atoms with E-state index in [1.807, 2.05) is 13.8 Å². The van der Waals surface area contributed by atoms with Crippen molar-refractivity contribution in [1.29, 1.82) is 0 Å². The van der Waals surface area contributed by atoms with Crippen LogP contribution in [0.25, 0.3) is 6.08 Å². The fourth-order valence-corrected chi connectivity index (χ4v) is 1.83. The van der Waals surface area contributed by atoms with Crippen LogP contribution in [0.2, 0.25) is 0 Å². The van der Waals surface area contributed by atoms with E-state index in [4.69, 9.17) is 11.6 Å². The maximum absolute atomic E-state index is 12.7. The van der Waals surface area contributed by atoms with Gasteiger partial charge < -0.3 is 0 Å². The highest BCUT2D eigenvalue weighted by Crippen LogP contribution is 2.33. The molecule has 0 aromatic heterocycles. The summed E-state index contributed by atoms with van der Waals surface area (Å²) in [6.45, 7) is 3.81. The Morgan fingerprint density at radius 1 is 1.29 bits per heavy atom. The van der Waals surface area contributed by atoms with Gasteiger partial charge >= 0.3 is 6.18 Å². The number of benzene rings is 1. The van der Waals surface area contributed by atoms with Gasteiger partial charge in [0.2, 0.25) is 0 Å². The van der Waals surface area contributed by atoms with Gasteiger partial charge in [-0.1, -0.05) is 43.7 Å². The minimum absolute atomic E-state index is 0.133. The topological polar surface area (TPSA) is 0 Å². The molecule has 0 bridgehead atoms. The Balaban J connectivity index is 3.23. The molecular formula is C13H14ClF3. The molecule has 94 valence electrons. The lowest BCUT2D eigenvalue weighted by atomic mass is 9.99. The van der Waals surface area contributed by atoms with Crippen molar-refractivity contribution in [3.8, 4) is 0 Å². The molecule has 0 nitrogen and oxygen atoms in total. The summed E-state index contributed by atoms with van der Waals surface area (Å²) < 4.78 is 38.2. The molecule has 0 aliphatic heterocycles. The summed E-state index contributed by atoms with van der Waals surface area (Å²) in [5.74, 6) is 0.373.